The van der Waals surface area contributed by atoms with Crippen molar-refractivity contribution in [2.75, 3.05) is 19.6 Å². The minimum atomic E-state index is -3.87. The summed E-state index contributed by atoms with van der Waals surface area (Å²) in [7, 11) is -3.87. The van der Waals surface area contributed by atoms with Gasteiger partial charge in [-0.3, -0.25) is 9.69 Å². The van der Waals surface area contributed by atoms with Crippen LogP contribution in [0.1, 0.15) is 41.0 Å². The summed E-state index contributed by atoms with van der Waals surface area (Å²) in [6, 6.07) is 8.43. The number of thiophene rings is 1. The highest BCUT2D eigenvalue weighted by Crippen LogP contribution is 2.29. The highest BCUT2D eigenvalue weighted by Gasteiger charge is 2.26. The fourth-order valence-corrected chi connectivity index (χ4v) is 5.20. The molecule has 3 rings (SSSR count). The molecule has 152 valence electrons. The third-order valence-electron chi connectivity index (χ3n) is 5.10. The van der Waals surface area contributed by atoms with Crippen LogP contribution in [0.5, 0.6) is 0 Å². The van der Waals surface area contributed by atoms with Crippen molar-refractivity contribution < 1.29 is 13.2 Å². The zero-order valence-corrected chi connectivity index (χ0v) is 18.8. The van der Waals surface area contributed by atoms with Crippen LogP contribution in [0.4, 0.5) is 0 Å². The van der Waals surface area contributed by atoms with E-state index in [0.29, 0.717) is 11.0 Å². The minimum absolute atomic E-state index is 0.0827. The molecule has 2 heterocycles. The fourth-order valence-electron chi connectivity index (χ4n) is 3.37. The summed E-state index contributed by atoms with van der Waals surface area (Å²) in [5.41, 5.74) is 0.253. The normalized spacial score (nSPS) is 17.4. The summed E-state index contributed by atoms with van der Waals surface area (Å²) in [5.74, 6) is 0.399. The predicted molar refractivity (Wildman–Crippen MR) is 115 cm³/mol. The molecule has 1 saturated heterocycles. The van der Waals surface area contributed by atoms with Crippen LogP contribution in [0, 0.1) is 5.92 Å². The Balaban J connectivity index is 1.75. The average Bonchev–Trinajstić information content (AvgIpc) is 3.17. The quantitative estimate of drug-likeness (QED) is 0.655. The molecule has 3 N–H and O–H groups in total. The summed E-state index contributed by atoms with van der Waals surface area (Å²) in [6.45, 7) is 4.74. The van der Waals surface area contributed by atoms with Crippen LogP contribution >= 0.6 is 27.3 Å². The number of hydrogen-bond donors (Lipinski definition) is 2. The number of likely N-dealkylation sites (tertiary alicyclic amines) is 1. The van der Waals surface area contributed by atoms with E-state index in [1.165, 1.54) is 23.1 Å². The summed E-state index contributed by atoms with van der Waals surface area (Å²) < 4.78 is 23.7. The number of piperidine rings is 1. The lowest BCUT2D eigenvalue weighted by atomic mass is 9.97. The molecule has 0 saturated carbocycles. The molecule has 9 heteroatoms. The Morgan fingerprint density at radius 2 is 2.07 bits per heavy atom. The van der Waals surface area contributed by atoms with Crippen molar-refractivity contribution in [3.63, 3.8) is 0 Å². The largest absolute Gasteiger partial charge is 0.350 e. The lowest BCUT2D eigenvalue weighted by Gasteiger charge is -2.36. The van der Waals surface area contributed by atoms with Crippen LogP contribution in [-0.2, 0) is 10.0 Å². The smallest absolute Gasteiger partial charge is 0.252 e. The van der Waals surface area contributed by atoms with Crippen LogP contribution in [-0.4, -0.2) is 38.9 Å². The number of carbonyl (C=O) groups excluding carboxylic acids is 1. The van der Waals surface area contributed by atoms with E-state index in [1.807, 2.05) is 11.4 Å². The van der Waals surface area contributed by atoms with Crippen molar-refractivity contribution in [3.8, 4) is 0 Å². The topological polar surface area (TPSA) is 92.5 Å². The van der Waals surface area contributed by atoms with Crippen LogP contribution in [0.3, 0.4) is 0 Å². The molecule has 0 spiro atoms. The van der Waals surface area contributed by atoms with E-state index >= 15 is 0 Å². The number of benzene rings is 1. The summed E-state index contributed by atoms with van der Waals surface area (Å²) in [5, 5.41) is 10.2. The van der Waals surface area contributed by atoms with E-state index in [1.54, 1.807) is 11.3 Å². The highest BCUT2D eigenvalue weighted by molar-refractivity contribution is 9.10. The van der Waals surface area contributed by atoms with Gasteiger partial charge in [-0.2, -0.15) is 0 Å². The number of sulfonamides is 1. The molecule has 1 aromatic carbocycles. The Labute approximate surface area is 178 Å². The van der Waals surface area contributed by atoms with Gasteiger partial charge in [-0.05, 0) is 77.4 Å². The third kappa shape index (κ3) is 5.21. The molecule has 1 aliphatic heterocycles. The van der Waals surface area contributed by atoms with Crippen molar-refractivity contribution in [1.29, 1.82) is 0 Å². The molecule has 1 aromatic heterocycles. The van der Waals surface area contributed by atoms with Crippen molar-refractivity contribution >= 4 is 43.2 Å². The number of primary sulfonamides is 1. The van der Waals surface area contributed by atoms with E-state index in [2.05, 4.69) is 39.1 Å². The van der Waals surface area contributed by atoms with Gasteiger partial charge in [0.25, 0.3) is 5.91 Å². The zero-order chi connectivity index (χ0) is 20.3. The van der Waals surface area contributed by atoms with Crippen molar-refractivity contribution in [2.45, 2.75) is 30.7 Å². The first-order chi connectivity index (χ1) is 13.3. The molecule has 1 unspecified atom stereocenters. The average molecular weight is 486 g/mol. The standard InChI is InChI=1S/C19H24BrN3O3S2/c1-13-6-8-23(9-7-13)17(18-3-2-10-27-18)12-22-19(24)15-11-14(28(21,25)26)4-5-16(15)20/h2-5,10-11,13,17H,6-9,12H2,1H3,(H,22,24)(H2,21,25,26). The van der Waals surface area contributed by atoms with Crippen LogP contribution < -0.4 is 10.5 Å². The number of carbonyl (C=O) groups is 1. The number of halogens is 1. The van der Waals surface area contributed by atoms with Gasteiger partial charge in [-0.25, -0.2) is 13.6 Å². The lowest BCUT2D eigenvalue weighted by molar-refractivity contribution is 0.0914. The highest BCUT2D eigenvalue weighted by atomic mass is 79.9. The second kappa shape index (κ2) is 9.04. The number of nitrogens with two attached hydrogens (primary N) is 1. The minimum Gasteiger partial charge on any atom is -0.350 e. The number of amides is 1. The van der Waals surface area contributed by atoms with Gasteiger partial charge in [0.2, 0.25) is 10.0 Å². The molecule has 1 fully saturated rings. The number of hydrogen-bond acceptors (Lipinski definition) is 5. The van der Waals surface area contributed by atoms with E-state index in [9.17, 15) is 13.2 Å². The van der Waals surface area contributed by atoms with Gasteiger partial charge in [0.15, 0.2) is 0 Å². The summed E-state index contributed by atoms with van der Waals surface area (Å²) >= 11 is 5.01. The lowest BCUT2D eigenvalue weighted by Crippen LogP contribution is -2.41. The Kier molecular flexibility index (Phi) is 6.93. The fraction of sp³-hybridized carbons (Fsp3) is 0.421. The molecule has 0 bridgehead atoms. The van der Waals surface area contributed by atoms with Crippen LogP contribution in [0.25, 0.3) is 0 Å². The molecule has 1 atom stereocenters. The Hall–Kier alpha value is -1.26. The second-order valence-corrected chi connectivity index (χ2v) is 10.5. The third-order valence-corrected chi connectivity index (χ3v) is 7.67. The van der Waals surface area contributed by atoms with Gasteiger partial charge in [-0.15, -0.1) is 11.3 Å². The maximum Gasteiger partial charge on any atom is 0.252 e. The summed E-state index contributed by atoms with van der Waals surface area (Å²) in [6.07, 6.45) is 2.30. The van der Waals surface area contributed by atoms with E-state index in [0.717, 1.165) is 31.8 Å². The Morgan fingerprint density at radius 3 is 2.68 bits per heavy atom. The van der Waals surface area contributed by atoms with Gasteiger partial charge in [0.05, 0.1) is 16.5 Å². The van der Waals surface area contributed by atoms with Crippen molar-refractivity contribution in [2.24, 2.45) is 11.1 Å². The SMILES string of the molecule is CC1CCN(C(CNC(=O)c2cc(S(N)(=O)=O)ccc2Br)c2cccs2)CC1. The van der Waals surface area contributed by atoms with Crippen molar-refractivity contribution in [3.05, 3.63) is 50.6 Å². The number of nitrogens with zero attached hydrogens (tertiary/aromatic N) is 1. The van der Waals surface area contributed by atoms with Crippen molar-refractivity contribution in [1.82, 2.24) is 10.2 Å². The number of rotatable bonds is 6. The first-order valence-electron chi connectivity index (χ1n) is 9.13. The maximum atomic E-state index is 12.8. The monoisotopic (exact) mass is 485 g/mol. The van der Waals surface area contributed by atoms with Gasteiger partial charge >= 0.3 is 0 Å². The molecule has 0 radical (unpaired) electrons. The van der Waals surface area contributed by atoms with Gasteiger partial charge in [-0.1, -0.05) is 13.0 Å². The zero-order valence-electron chi connectivity index (χ0n) is 15.6. The van der Waals surface area contributed by atoms with E-state index < -0.39 is 10.0 Å². The molecular weight excluding hydrogens is 462 g/mol. The van der Waals surface area contributed by atoms with Gasteiger partial charge < -0.3 is 5.32 Å². The van der Waals surface area contributed by atoms with Crippen LogP contribution in [0.15, 0.2) is 45.1 Å². The van der Waals surface area contributed by atoms with Crippen LogP contribution in [0.2, 0.25) is 0 Å². The Morgan fingerprint density at radius 1 is 1.36 bits per heavy atom. The maximum absolute atomic E-state index is 12.8. The van der Waals surface area contributed by atoms with Gasteiger partial charge in [0.1, 0.15) is 0 Å². The van der Waals surface area contributed by atoms with Gasteiger partial charge in [0, 0.05) is 15.9 Å². The van der Waals surface area contributed by atoms with E-state index in [-0.39, 0.29) is 22.4 Å². The molecule has 2 aromatic rings. The first kappa shape index (κ1) is 21.4. The Bertz CT molecular complexity index is 924. The second-order valence-electron chi connectivity index (χ2n) is 7.15. The molecule has 6 nitrogen and oxygen atoms in total. The van der Waals surface area contributed by atoms with E-state index in [4.69, 9.17) is 5.14 Å². The molecule has 28 heavy (non-hydrogen) atoms. The summed E-state index contributed by atoms with van der Waals surface area (Å²) in [4.78, 5) is 16.3. The molecule has 1 amide bonds. The number of nitrogens with one attached hydrogen (secondary N) is 1. The molecule has 1 aliphatic rings. The first-order valence-corrected chi connectivity index (χ1v) is 12.4. The molecule has 0 aliphatic carbocycles. The molecular formula is C19H24BrN3O3S2. The predicted octanol–water partition coefficient (Wildman–Crippen LogP) is 3.36.